The van der Waals surface area contributed by atoms with Crippen LogP contribution >= 0.6 is 24.0 Å². The molecule has 132 valence electrons. The summed E-state index contributed by atoms with van der Waals surface area (Å²) in [5.74, 6) is -0.586. The Morgan fingerprint density at radius 3 is 2.65 bits per heavy atom. The minimum Gasteiger partial charge on any atom is -0.450 e. The average Bonchev–Trinajstić information content (AvgIpc) is 3.04. The highest BCUT2D eigenvalue weighted by Crippen LogP contribution is 2.30. The molecule has 1 aliphatic heterocycles. The predicted molar refractivity (Wildman–Crippen MR) is 105 cm³/mol. The molecule has 0 atom stereocenters. The number of thiocarbonyl (C=S) groups is 1. The van der Waals surface area contributed by atoms with E-state index >= 15 is 0 Å². The monoisotopic (exact) mass is 384 g/mol. The molecule has 0 unspecified atom stereocenters. The summed E-state index contributed by atoms with van der Waals surface area (Å²) in [5.41, 5.74) is 1.16. The quantitative estimate of drug-likeness (QED) is 0.370. The van der Waals surface area contributed by atoms with E-state index in [2.05, 4.69) is 11.9 Å². The van der Waals surface area contributed by atoms with Crippen molar-refractivity contribution in [2.45, 2.75) is 16.9 Å². The Morgan fingerprint density at radius 1 is 1.23 bits per heavy atom. The average molecular weight is 384 g/mol. The lowest BCUT2D eigenvalue weighted by molar-refractivity contribution is -0.128. The Balaban J connectivity index is 1.80. The zero-order chi connectivity index (χ0) is 18.7. The predicted octanol–water partition coefficient (Wildman–Crippen LogP) is 3.55. The number of hydrogen-bond acceptors (Lipinski definition) is 5. The van der Waals surface area contributed by atoms with Crippen LogP contribution in [0.2, 0.25) is 0 Å². The van der Waals surface area contributed by atoms with Gasteiger partial charge in [-0.15, -0.1) is 6.58 Å². The number of furan rings is 1. The summed E-state index contributed by atoms with van der Waals surface area (Å²) in [7, 11) is 0. The van der Waals surface area contributed by atoms with Crippen LogP contribution in [-0.2, 0) is 9.59 Å². The molecule has 0 saturated carbocycles. The molecule has 1 aliphatic rings. The van der Waals surface area contributed by atoms with Crippen LogP contribution in [0, 0.1) is 6.92 Å². The second kappa shape index (κ2) is 7.72. The van der Waals surface area contributed by atoms with Crippen molar-refractivity contribution in [2.75, 3.05) is 6.54 Å². The van der Waals surface area contributed by atoms with Crippen LogP contribution in [0.4, 0.5) is 0 Å². The highest BCUT2D eigenvalue weighted by molar-refractivity contribution is 7.99. The fourth-order valence-electron chi connectivity index (χ4n) is 2.32. The third kappa shape index (κ3) is 3.95. The van der Waals surface area contributed by atoms with Crippen molar-refractivity contribution in [3.05, 3.63) is 65.9 Å². The zero-order valence-electron chi connectivity index (χ0n) is 14.0. The van der Waals surface area contributed by atoms with Crippen LogP contribution in [-0.4, -0.2) is 28.4 Å². The summed E-state index contributed by atoms with van der Waals surface area (Å²) in [6, 6.07) is 11.6. The molecule has 5 nitrogen and oxygen atoms in total. The smallest absolute Gasteiger partial charge is 0.266 e. The molecule has 7 heteroatoms. The Hall–Kier alpha value is -2.64. The number of hydrogen-bond donors (Lipinski definition) is 1. The molecular formula is C19H16N2O3S2. The summed E-state index contributed by atoms with van der Waals surface area (Å²) in [6.45, 7) is 5.84. The highest BCUT2D eigenvalue weighted by Gasteiger charge is 2.32. The van der Waals surface area contributed by atoms with Gasteiger partial charge in [0.1, 0.15) is 11.3 Å². The van der Waals surface area contributed by atoms with Crippen molar-refractivity contribution >= 4 is 47.0 Å². The second-order valence-corrected chi connectivity index (χ2v) is 7.06. The lowest BCUT2D eigenvalue weighted by atomic mass is 10.1. The number of carbonyl (C=O) groups is 2. The van der Waals surface area contributed by atoms with Crippen LogP contribution in [0.3, 0.4) is 0 Å². The van der Waals surface area contributed by atoms with Crippen LogP contribution in [0.25, 0.3) is 6.08 Å². The van der Waals surface area contributed by atoms with E-state index in [9.17, 15) is 9.59 Å². The van der Waals surface area contributed by atoms with Gasteiger partial charge in [-0.3, -0.25) is 19.8 Å². The third-order valence-electron chi connectivity index (χ3n) is 3.63. The highest BCUT2D eigenvalue weighted by atomic mass is 32.2. The SMILES string of the molecule is C=CCN1C(=O)/C(=C/c2ccc(Sc3ccc(C)cc3)o2)C(=O)NC1=S. The van der Waals surface area contributed by atoms with Gasteiger partial charge in [-0.05, 0) is 49.5 Å². The number of rotatable bonds is 5. The Labute approximate surface area is 160 Å². The van der Waals surface area contributed by atoms with Gasteiger partial charge < -0.3 is 4.42 Å². The molecule has 0 spiro atoms. The van der Waals surface area contributed by atoms with Crippen LogP contribution in [0.1, 0.15) is 11.3 Å². The molecule has 2 aromatic rings. The number of nitrogens with one attached hydrogen (secondary N) is 1. The van der Waals surface area contributed by atoms with Crippen molar-refractivity contribution in [3.63, 3.8) is 0 Å². The number of nitrogens with zero attached hydrogens (tertiary/aromatic N) is 1. The minimum atomic E-state index is -0.538. The van der Waals surface area contributed by atoms with Crippen molar-refractivity contribution in [1.82, 2.24) is 10.2 Å². The van der Waals surface area contributed by atoms with Gasteiger partial charge in [0.05, 0.1) is 0 Å². The first-order valence-electron chi connectivity index (χ1n) is 7.82. The normalized spacial score (nSPS) is 16.1. The topological polar surface area (TPSA) is 62.6 Å². The van der Waals surface area contributed by atoms with E-state index in [1.54, 1.807) is 18.2 Å². The maximum atomic E-state index is 12.5. The molecular weight excluding hydrogens is 368 g/mol. The van der Waals surface area contributed by atoms with Gasteiger partial charge in [0.15, 0.2) is 10.2 Å². The summed E-state index contributed by atoms with van der Waals surface area (Å²) >= 11 is 6.49. The van der Waals surface area contributed by atoms with Gasteiger partial charge >= 0.3 is 0 Å². The minimum absolute atomic E-state index is 0.0262. The first kappa shape index (κ1) is 18.2. The van der Waals surface area contributed by atoms with E-state index in [0.29, 0.717) is 10.9 Å². The molecule has 26 heavy (non-hydrogen) atoms. The van der Waals surface area contributed by atoms with Crippen LogP contribution in [0.15, 0.2) is 69.0 Å². The summed E-state index contributed by atoms with van der Waals surface area (Å²) in [5, 5.41) is 3.25. The van der Waals surface area contributed by atoms with Gasteiger partial charge in [-0.2, -0.15) is 0 Å². The fourth-order valence-corrected chi connectivity index (χ4v) is 3.35. The second-order valence-electron chi connectivity index (χ2n) is 5.59. The Kier molecular flexibility index (Phi) is 5.39. The number of amides is 2. The van der Waals surface area contributed by atoms with Crippen molar-refractivity contribution in [3.8, 4) is 0 Å². The van der Waals surface area contributed by atoms with Crippen molar-refractivity contribution in [2.24, 2.45) is 0 Å². The van der Waals surface area contributed by atoms with E-state index in [4.69, 9.17) is 16.6 Å². The largest absolute Gasteiger partial charge is 0.450 e. The molecule has 1 saturated heterocycles. The molecule has 1 N–H and O–H groups in total. The summed E-state index contributed by atoms with van der Waals surface area (Å²) < 4.78 is 5.72. The molecule has 0 bridgehead atoms. The molecule has 2 heterocycles. The van der Waals surface area contributed by atoms with Gasteiger partial charge in [0.2, 0.25) is 0 Å². The van der Waals surface area contributed by atoms with E-state index < -0.39 is 11.8 Å². The Bertz CT molecular complexity index is 913. The van der Waals surface area contributed by atoms with Crippen LogP contribution < -0.4 is 5.32 Å². The van der Waals surface area contributed by atoms with Gasteiger partial charge in [-0.1, -0.05) is 35.5 Å². The number of aryl methyl sites for hydroxylation is 1. The molecule has 3 rings (SSSR count). The number of benzene rings is 1. The lowest BCUT2D eigenvalue weighted by Crippen LogP contribution is -2.53. The maximum Gasteiger partial charge on any atom is 0.266 e. The summed E-state index contributed by atoms with van der Waals surface area (Å²) in [4.78, 5) is 26.9. The van der Waals surface area contributed by atoms with Crippen molar-refractivity contribution < 1.29 is 14.0 Å². The first-order chi connectivity index (χ1) is 12.5. The molecule has 1 aromatic heterocycles. The zero-order valence-corrected chi connectivity index (χ0v) is 15.7. The van der Waals surface area contributed by atoms with Gasteiger partial charge in [0, 0.05) is 11.4 Å². The maximum absolute atomic E-state index is 12.5. The van der Waals surface area contributed by atoms with E-state index in [1.807, 2.05) is 31.2 Å². The summed E-state index contributed by atoms with van der Waals surface area (Å²) in [6.07, 6.45) is 2.97. The first-order valence-corrected chi connectivity index (χ1v) is 9.04. The van der Waals surface area contributed by atoms with Gasteiger partial charge in [0.25, 0.3) is 11.8 Å². The standard InChI is InChI=1S/C19H16N2O3S2/c1-3-10-21-18(23)15(17(22)20-19(21)25)11-13-6-9-16(24-13)26-14-7-4-12(2)5-8-14/h3-9,11H,1,10H2,2H3,(H,20,22,25)/b15-11+. The van der Waals surface area contributed by atoms with Crippen LogP contribution in [0.5, 0.6) is 0 Å². The van der Waals surface area contributed by atoms with Crippen molar-refractivity contribution in [1.29, 1.82) is 0 Å². The Morgan fingerprint density at radius 2 is 1.96 bits per heavy atom. The molecule has 1 fully saturated rings. The van der Waals surface area contributed by atoms with E-state index in [1.165, 1.54) is 28.3 Å². The molecule has 2 amide bonds. The van der Waals surface area contributed by atoms with E-state index in [-0.39, 0.29) is 17.2 Å². The lowest BCUT2D eigenvalue weighted by Gasteiger charge is -2.27. The molecule has 1 aromatic carbocycles. The molecule has 0 aliphatic carbocycles. The van der Waals surface area contributed by atoms with Gasteiger partial charge in [-0.25, -0.2) is 0 Å². The fraction of sp³-hybridized carbons (Fsp3) is 0.105. The number of carbonyl (C=O) groups excluding carboxylic acids is 2. The molecule has 0 radical (unpaired) electrons. The third-order valence-corrected chi connectivity index (χ3v) is 4.88. The van der Waals surface area contributed by atoms with E-state index in [0.717, 1.165) is 4.90 Å².